The standard InChI is InChI=1S/C6H12N4O/c7-10-9-5-4-8-3-1-2-6(5)11/h5-6,8,11H,1-4H2/t5-,6-/m0/s1. The lowest BCUT2D eigenvalue weighted by molar-refractivity contribution is 0.141. The maximum Gasteiger partial charge on any atom is 0.0758 e. The van der Waals surface area contributed by atoms with Gasteiger partial charge < -0.3 is 10.4 Å². The fraction of sp³-hybridized carbons (Fsp3) is 1.00. The number of rotatable bonds is 1. The van der Waals surface area contributed by atoms with Crippen LogP contribution in [0.25, 0.3) is 10.4 Å². The molecule has 0 aromatic rings. The Morgan fingerprint density at radius 2 is 2.45 bits per heavy atom. The van der Waals surface area contributed by atoms with Crippen LogP contribution in [0.5, 0.6) is 0 Å². The molecule has 5 heteroatoms. The Hall–Kier alpha value is -0.770. The predicted octanol–water partition coefficient (Wildman–Crippen LogP) is 0.410. The number of nitrogens with zero attached hydrogens (tertiary/aromatic N) is 3. The third kappa shape index (κ3) is 2.38. The number of nitrogens with one attached hydrogen (secondary N) is 1. The van der Waals surface area contributed by atoms with Crippen molar-refractivity contribution in [3.8, 4) is 0 Å². The van der Waals surface area contributed by atoms with Crippen molar-refractivity contribution in [2.24, 2.45) is 5.11 Å². The highest BCUT2D eigenvalue weighted by Gasteiger charge is 2.19. The highest BCUT2D eigenvalue weighted by atomic mass is 16.3. The number of hydrogen-bond donors (Lipinski definition) is 2. The van der Waals surface area contributed by atoms with E-state index in [0.717, 1.165) is 19.4 Å². The lowest BCUT2D eigenvalue weighted by atomic mass is 10.1. The van der Waals surface area contributed by atoms with E-state index in [1.807, 2.05) is 0 Å². The summed E-state index contributed by atoms with van der Waals surface area (Å²) in [6.45, 7) is 1.49. The average Bonchev–Trinajstić information content (AvgIpc) is 2.18. The maximum absolute atomic E-state index is 9.38. The van der Waals surface area contributed by atoms with Crippen molar-refractivity contribution in [2.45, 2.75) is 25.0 Å². The quantitative estimate of drug-likeness (QED) is 0.327. The van der Waals surface area contributed by atoms with E-state index < -0.39 is 6.10 Å². The summed E-state index contributed by atoms with van der Waals surface area (Å²) in [5, 5.41) is 16.0. The Bertz CT molecular complexity index is 166. The minimum absolute atomic E-state index is 0.289. The van der Waals surface area contributed by atoms with Gasteiger partial charge in [0.05, 0.1) is 12.1 Å². The van der Waals surface area contributed by atoms with E-state index in [1.165, 1.54) is 0 Å². The minimum atomic E-state index is -0.471. The van der Waals surface area contributed by atoms with E-state index >= 15 is 0 Å². The highest BCUT2D eigenvalue weighted by molar-refractivity contribution is 4.81. The Balaban J connectivity index is 2.51. The zero-order valence-electron chi connectivity index (χ0n) is 6.27. The van der Waals surface area contributed by atoms with Crippen molar-refractivity contribution >= 4 is 0 Å². The van der Waals surface area contributed by atoms with E-state index in [1.54, 1.807) is 0 Å². The summed E-state index contributed by atoms with van der Waals surface area (Å²) in [7, 11) is 0. The molecule has 5 nitrogen and oxygen atoms in total. The van der Waals surface area contributed by atoms with Crippen LogP contribution in [-0.2, 0) is 0 Å². The number of aliphatic hydroxyl groups excluding tert-OH is 1. The highest BCUT2D eigenvalue weighted by Crippen LogP contribution is 2.08. The topological polar surface area (TPSA) is 81.0 Å². The van der Waals surface area contributed by atoms with Crippen molar-refractivity contribution in [3.05, 3.63) is 10.4 Å². The van der Waals surface area contributed by atoms with Crippen molar-refractivity contribution < 1.29 is 5.11 Å². The summed E-state index contributed by atoms with van der Waals surface area (Å²) in [4.78, 5) is 2.68. The second kappa shape index (κ2) is 4.18. The SMILES string of the molecule is [N-]=[N+]=N[C@H]1CNCCC[C@@H]1O. The van der Waals surface area contributed by atoms with Gasteiger partial charge >= 0.3 is 0 Å². The summed E-state index contributed by atoms with van der Waals surface area (Å²) in [6, 6.07) is -0.289. The van der Waals surface area contributed by atoms with Crippen LogP contribution in [0.4, 0.5) is 0 Å². The van der Waals surface area contributed by atoms with Crippen LogP contribution in [0.1, 0.15) is 12.8 Å². The monoisotopic (exact) mass is 156 g/mol. The molecular weight excluding hydrogens is 144 g/mol. The van der Waals surface area contributed by atoms with Crippen LogP contribution in [0.15, 0.2) is 5.11 Å². The molecule has 2 N–H and O–H groups in total. The van der Waals surface area contributed by atoms with E-state index in [0.29, 0.717) is 6.54 Å². The van der Waals surface area contributed by atoms with Gasteiger partial charge in [0.2, 0.25) is 0 Å². The Morgan fingerprint density at radius 3 is 3.18 bits per heavy atom. The largest absolute Gasteiger partial charge is 0.393 e. The molecule has 1 fully saturated rings. The molecule has 0 aromatic heterocycles. The fourth-order valence-corrected chi connectivity index (χ4v) is 1.20. The van der Waals surface area contributed by atoms with Crippen molar-refractivity contribution in [1.82, 2.24) is 5.32 Å². The minimum Gasteiger partial charge on any atom is -0.393 e. The summed E-state index contributed by atoms with van der Waals surface area (Å²) in [6.07, 6.45) is 1.19. The number of aliphatic hydroxyl groups is 1. The summed E-state index contributed by atoms with van der Waals surface area (Å²) in [5.41, 5.74) is 8.15. The van der Waals surface area contributed by atoms with Gasteiger partial charge in [0.25, 0.3) is 0 Å². The lowest BCUT2D eigenvalue weighted by Gasteiger charge is -2.13. The summed E-state index contributed by atoms with van der Waals surface area (Å²) in [5.74, 6) is 0. The Morgan fingerprint density at radius 1 is 1.64 bits per heavy atom. The molecule has 2 atom stereocenters. The van der Waals surface area contributed by atoms with Crippen LogP contribution in [0, 0.1) is 0 Å². The zero-order chi connectivity index (χ0) is 8.10. The van der Waals surface area contributed by atoms with Gasteiger partial charge in [-0.3, -0.25) is 0 Å². The van der Waals surface area contributed by atoms with Crippen LogP contribution in [0.2, 0.25) is 0 Å². The zero-order valence-corrected chi connectivity index (χ0v) is 6.27. The Kier molecular flexibility index (Phi) is 3.16. The van der Waals surface area contributed by atoms with Crippen LogP contribution >= 0.6 is 0 Å². The molecule has 11 heavy (non-hydrogen) atoms. The molecule has 62 valence electrons. The van der Waals surface area contributed by atoms with Crippen LogP contribution in [-0.4, -0.2) is 30.3 Å². The van der Waals surface area contributed by atoms with Gasteiger partial charge in [-0.1, -0.05) is 5.11 Å². The summed E-state index contributed by atoms with van der Waals surface area (Å²) < 4.78 is 0. The normalized spacial score (nSPS) is 32.1. The van der Waals surface area contributed by atoms with Gasteiger partial charge in [-0.05, 0) is 24.9 Å². The molecule has 1 aliphatic heterocycles. The van der Waals surface area contributed by atoms with E-state index in [2.05, 4.69) is 15.3 Å². The van der Waals surface area contributed by atoms with Gasteiger partial charge in [-0.25, -0.2) is 0 Å². The molecule has 0 radical (unpaired) electrons. The molecule has 1 saturated heterocycles. The average molecular weight is 156 g/mol. The third-order valence-corrected chi connectivity index (χ3v) is 1.85. The molecule has 0 unspecified atom stereocenters. The van der Waals surface area contributed by atoms with Crippen molar-refractivity contribution in [1.29, 1.82) is 0 Å². The first kappa shape index (κ1) is 8.33. The van der Waals surface area contributed by atoms with Crippen molar-refractivity contribution in [2.75, 3.05) is 13.1 Å². The third-order valence-electron chi connectivity index (χ3n) is 1.85. The van der Waals surface area contributed by atoms with E-state index in [9.17, 15) is 5.11 Å². The van der Waals surface area contributed by atoms with Gasteiger partial charge in [0.1, 0.15) is 0 Å². The molecule has 0 amide bonds. The smallest absolute Gasteiger partial charge is 0.0758 e. The summed E-state index contributed by atoms with van der Waals surface area (Å²) >= 11 is 0. The van der Waals surface area contributed by atoms with Crippen LogP contribution < -0.4 is 5.32 Å². The van der Waals surface area contributed by atoms with E-state index in [4.69, 9.17) is 5.53 Å². The molecule has 0 spiro atoms. The second-order valence-corrected chi connectivity index (χ2v) is 2.69. The van der Waals surface area contributed by atoms with Gasteiger partial charge in [-0.15, -0.1) is 0 Å². The molecular formula is C6H12N4O. The first-order chi connectivity index (χ1) is 5.34. The Labute approximate surface area is 65.0 Å². The molecule has 1 aliphatic rings. The van der Waals surface area contributed by atoms with Crippen LogP contribution in [0.3, 0.4) is 0 Å². The molecule has 1 rings (SSSR count). The molecule has 0 saturated carbocycles. The van der Waals surface area contributed by atoms with Gasteiger partial charge in [0.15, 0.2) is 0 Å². The lowest BCUT2D eigenvalue weighted by Crippen LogP contribution is -2.30. The molecule has 0 aromatic carbocycles. The maximum atomic E-state index is 9.38. The van der Waals surface area contributed by atoms with E-state index in [-0.39, 0.29) is 6.04 Å². The fourth-order valence-electron chi connectivity index (χ4n) is 1.20. The first-order valence-electron chi connectivity index (χ1n) is 3.77. The predicted molar refractivity (Wildman–Crippen MR) is 41.0 cm³/mol. The van der Waals surface area contributed by atoms with Crippen molar-refractivity contribution in [3.63, 3.8) is 0 Å². The number of hydrogen-bond acceptors (Lipinski definition) is 3. The molecule has 1 heterocycles. The first-order valence-corrected chi connectivity index (χ1v) is 3.77. The van der Waals surface area contributed by atoms with Gasteiger partial charge in [-0.2, -0.15) is 0 Å². The van der Waals surface area contributed by atoms with Gasteiger partial charge in [0, 0.05) is 11.5 Å². The molecule has 0 aliphatic carbocycles. The molecule has 0 bridgehead atoms. The number of azide groups is 1. The second-order valence-electron chi connectivity index (χ2n) is 2.69.